The van der Waals surface area contributed by atoms with E-state index in [1.807, 2.05) is 0 Å². The van der Waals surface area contributed by atoms with E-state index in [-0.39, 0.29) is 37.2 Å². The van der Waals surface area contributed by atoms with E-state index in [1.54, 1.807) is 11.0 Å². The third-order valence-corrected chi connectivity index (χ3v) is 7.99. The second-order valence-corrected chi connectivity index (χ2v) is 12.0. The van der Waals surface area contributed by atoms with Crippen molar-refractivity contribution < 1.29 is 61.6 Å². The number of carbonyl (C=O) groups excluding carboxylic acids is 2. The molecule has 0 radical (unpaired) electrons. The zero-order valence-corrected chi connectivity index (χ0v) is 28.6. The zero-order valence-electron chi connectivity index (χ0n) is 26.8. The summed E-state index contributed by atoms with van der Waals surface area (Å²) < 4.78 is 53.7. The average molecular weight is 740 g/mol. The van der Waals surface area contributed by atoms with Crippen LogP contribution in [0.3, 0.4) is 0 Å². The molecule has 2 rings (SSSR count). The summed E-state index contributed by atoms with van der Waals surface area (Å²) in [5.41, 5.74) is 2.36. The highest BCUT2D eigenvalue weighted by atomic mass is 31.2. The van der Waals surface area contributed by atoms with Crippen molar-refractivity contribution in [3.05, 3.63) is 48.0 Å². The van der Waals surface area contributed by atoms with Gasteiger partial charge in [-0.25, -0.2) is 15.2 Å². The van der Waals surface area contributed by atoms with Crippen LogP contribution in [0, 0.1) is 0 Å². The molecule has 0 bridgehead atoms. The SMILES string of the molecule is CN=NNC(CCCCCCN1C(=O)CC[C@@H]1/C=C/[C@@H](O)C(F)(F)c1ccccc1)=NCOC(=O)NCCCC(O)(OP(O)O)O[P+](=O)O. The maximum atomic E-state index is 14.6. The smallest absolute Gasteiger partial charge is 0.426 e. The molecule has 49 heavy (non-hydrogen) atoms. The summed E-state index contributed by atoms with van der Waals surface area (Å²) >= 11 is 0. The number of unbranched alkanes of at least 4 members (excludes halogenated alkanes) is 3. The highest BCUT2D eigenvalue weighted by Gasteiger charge is 2.42. The van der Waals surface area contributed by atoms with Crippen molar-refractivity contribution in [2.24, 2.45) is 15.3 Å². The maximum absolute atomic E-state index is 14.6. The number of nitrogens with one attached hydrogen (secondary N) is 2. The molecule has 1 aliphatic rings. The van der Waals surface area contributed by atoms with Gasteiger partial charge in [0.2, 0.25) is 5.91 Å². The largest absolute Gasteiger partial charge is 0.700 e. The Morgan fingerprint density at radius 3 is 2.59 bits per heavy atom. The number of likely N-dealkylation sites (tertiary alicyclic amines) is 1. The molecule has 0 saturated carbocycles. The van der Waals surface area contributed by atoms with Crippen LogP contribution in [0.25, 0.3) is 0 Å². The third-order valence-electron chi connectivity index (χ3n) is 7.10. The summed E-state index contributed by atoms with van der Waals surface area (Å²) in [4.78, 5) is 56.8. The van der Waals surface area contributed by atoms with Crippen LogP contribution in [-0.4, -0.2) is 92.6 Å². The van der Waals surface area contributed by atoms with E-state index >= 15 is 0 Å². The van der Waals surface area contributed by atoms with E-state index in [2.05, 4.69) is 35.1 Å². The Hall–Kier alpha value is -3.12. The number of carbonyl (C=O) groups is 2. The van der Waals surface area contributed by atoms with Gasteiger partial charge >= 0.3 is 34.8 Å². The number of aliphatic hydroxyl groups is 2. The van der Waals surface area contributed by atoms with Crippen LogP contribution in [0.1, 0.15) is 63.4 Å². The number of ether oxygens (including phenoxy) is 1. The lowest BCUT2D eigenvalue weighted by Crippen LogP contribution is -2.34. The second kappa shape index (κ2) is 21.9. The lowest BCUT2D eigenvalue weighted by molar-refractivity contribution is -0.279. The van der Waals surface area contributed by atoms with E-state index in [1.165, 1.54) is 37.4 Å². The van der Waals surface area contributed by atoms with Crippen molar-refractivity contribution in [3.8, 4) is 0 Å². The molecule has 1 heterocycles. The van der Waals surface area contributed by atoms with Gasteiger partial charge in [0.1, 0.15) is 11.9 Å². The zero-order chi connectivity index (χ0) is 36.3. The first-order chi connectivity index (χ1) is 23.3. The van der Waals surface area contributed by atoms with Gasteiger partial charge in [-0.05, 0) is 25.7 Å². The normalized spacial score (nSPS) is 17.9. The molecule has 2 unspecified atom stereocenters. The Morgan fingerprint density at radius 1 is 1.20 bits per heavy atom. The standard InChI is InChI=1S/C28H42F2N6O11P2/c1-31-35-34-24(33-20-45-26(39)32-18-9-17-27(40,46-48(41)42)47-49(43)44)12-7-2-3-8-19-36-22(14-16-25(36)38)13-15-23(37)28(29,30)21-10-5-4-6-11-21/h4-6,10-11,13,15,22-23,37,40-42H,2-3,7-9,12,14,16-20H2,1H3,(H2-,31,32,33,34,39,43,44)/p+1/b15-13+/t22-,23+,27?/m0/s1. The molecule has 0 aliphatic carbocycles. The number of hydrogen-bond acceptors (Lipinski definition) is 13. The van der Waals surface area contributed by atoms with Crippen LogP contribution in [0.15, 0.2) is 57.8 Å². The Morgan fingerprint density at radius 2 is 1.92 bits per heavy atom. The van der Waals surface area contributed by atoms with Gasteiger partial charge < -0.3 is 35.0 Å². The van der Waals surface area contributed by atoms with Crippen LogP contribution in [0.4, 0.5) is 13.6 Å². The highest BCUT2D eigenvalue weighted by Crippen LogP contribution is 2.39. The Bertz CT molecular complexity index is 1280. The maximum Gasteiger partial charge on any atom is 0.700 e. The third kappa shape index (κ3) is 16.0. The number of amidine groups is 1. The molecule has 1 aliphatic heterocycles. The van der Waals surface area contributed by atoms with Crippen LogP contribution < -0.4 is 10.7 Å². The molecule has 2 amide bonds. The van der Waals surface area contributed by atoms with E-state index in [9.17, 15) is 33.1 Å². The molecule has 274 valence electrons. The average Bonchev–Trinajstić information content (AvgIpc) is 3.40. The quantitative estimate of drug-likeness (QED) is 0.0132. The summed E-state index contributed by atoms with van der Waals surface area (Å²) in [5, 5.41) is 29.8. The summed E-state index contributed by atoms with van der Waals surface area (Å²) in [7, 11) is -4.98. The fourth-order valence-corrected chi connectivity index (χ4v) is 5.53. The van der Waals surface area contributed by atoms with Crippen LogP contribution in [0.5, 0.6) is 0 Å². The minimum absolute atomic E-state index is 0.0645. The molecule has 1 aromatic carbocycles. The Balaban J connectivity index is 1.72. The first-order valence-corrected chi connectivity index (χ1v) is 17.6. The number of aliphatic hydroxyl groups excluding tert-OH is 1. The first kappa shape index (κ1) is 42.0. The lowest BCUT2D eigenvalue weighted by Gasteiger charge is -2.24. The molecule has 4 atom stereocenters. The van der Waals surface area contributed by atoms with Crippen LogP contribution in [0.2, 0.25) is 0 Å². The first-order valence-electron chi connectivity index (χ1n) is 15.3. The van der Waals surface area contributed by atoms with Crippen LogP contribution >= 0.6 is 16.9 Å². The minimum Gasteiger partial charge on any atom is -0.426 e. The molecule has 1 saturated heterocycles. The molecule has 7 N–H and O–H groups in total. The molecule has 1 fully saturated rings. The molecule has 21 heteroatoms. The van der Waals surface area contributed by atoms with Gasteiger partial charge in [0.15, 0.2) is 6.73 Å². The number of aliphatic imine (C=N–C) groups is 1. The molecule has 0 aromatic heterocycles. The summed E-state index contributed by atoms with van der Waals surface area (Å²) in [6.45, 7) is -0.0299. The van der Waals surface area contributed by atoms with Gasteiger partial charge in [0.05, 0.1) is 13.1 Å². The predicted molar refractivity (Wildman–Crippen MR) is 172 cm³/mol. The van der Waals surface area contributed by atoms with Crippen molar-refractivity contribution in [1.82, 2.24) is 15.6 Å². The van der Waals surface area contributed by atoms with Crippen LogP contribution in [-0.2, 0) is 29.1 Å². The molecular weight excluding hydrogens is 696 g/mol. The van der Waals surface area contributed by atoms with Gasteiger partial charge in [-0.3, -0.25) is 9.32 Å². The fraction of sp³-hybridized carbons (Fsp3) is 0.607. The topological polar surface area (TPSA) is 244 Å². The van der Waals surface area contributed by atoms with Crippen molar-refractivity contribution in [1.29, 1.82) is 0 Å². The second-order valence-electron chi connectivity index (χ2n) is 10.7. The Kier molecular flexibility index (Phi) is 18.8. The number of alkyl carbamates (subject to hydrolysis) is 1. The number of rotatable bonds is 22. The molecule has 17 nitrogen and oxygen atoms in total. The van der Waals surface area contributed by atoms with Gasteiger partial charge in [-0.1, -0.05) is 65.1 Å². The highest BCUT2D eigenvalue weighted by molar-refractivity contribution is 7.39. The number of nitrogens with zero attached hydrogens (tertiary/aromatic N) is 4. The van der Waals surface area contributed by atoms with Gasteiger partial charge in [-0.15, -0.1) is 4.89 Å². The number of halogens is 2. The summed E-state index contributed by atoms with van der Waals surface area (Å²) in [6, 6.07) is 6.68. The molecule has 0 spiro atoms. The van der Waals surface area contributed by atoms with E-state index < -0.39 is 47.4 Å². The van der Waals surface area contributed by atoms with Crippen molar-refractivity contribution in [3.63, 3.8) is 0 Å². The number of alkyl halides is 2. The predicted octanol–water partition coefficient (Wildman–Crippen LogP) is 3.63. The van der Waals surface area contributed by atoms with Crippen molar-refractivity contribution in [2.45, 2.75) is 81.8 Å². The van der Waals surface area contributed by atoms with E-state index in [0.29, 0.717) is 44.5 Å². The summed E-state index contributed by atoms with van der Waals surface area (Å²) in [5.74, 6) is -5.89. The number of hydrogen-bond donors (Lipinski definition) is 7. The Labute approximate surface area is 284 Å². The lowest BCUT2D eigenvalue weighted by atomic mass is 10.0. The van der Waals surface area contributed by atoms with Gasteiger partial charge in [-0.2, -0.15) is 13.9 Å². The fourth-order valence-electron chi connectivity index (χ4n) is 4.72. The van der Waals surface area contributed by atoms with E-state index in [0.717, 1.165) is 18.9 Å². The van der Waals surface area contributed by atoms with Crippen molar-refractivity contribution in [2.75, 3.05) is 26.9 Å². The van der Waals surface area contributed by atoms with Gasteiger partial charge in [0, 0.05) is 42.5 Å². The summed E-state index contributed by atoms with van der Waals surface area (Å²) in [6.07, 6.45) is 3.17. The number of amides is 2. The molecular formula is C28H43F2N6O11P2+. The number of benzene rings is 1. The van der Waals surface area contributed by atoms with E-state index in [4.69, 9.17) is 19.4 Å². The minimum atomic E-state index is -3.47. The van der Waals surface area contributed by atoms with Gasteiger partial charge in [0.25, 0.3) is 0 Å². The van der Waals surface area contributed by atoms with Crippen molar-refractivity contribution >= 4 is 34.7 Å². The monoisotopic (exact) mass is 739 g/mol. The molecule has 1 aromatic rings.